The number of esters is 1. The molecule has 0 radical (unpaired) electrons. The van der Waals surface area contributed by atoms with Gasteiger partial charge in [0.15, 0.2) is 11.5 Å². The molecule has 0 unspecified atom stereocenters. The molecule has 8 heteroatoms. The van der Waals surface area contributed by atoms with Gasteiger partial charge in [-0.3, -0.25) is 4.57 Å². The zero-order chi connectivity index (χ0) is 19.2. The number of hydrogen-bond acceptors (Lipinski definition) is 5. The van der Waals surface area contributed by atoms with Gasteiger partial charge in [0.05, 0.1) is 26.1 Å². The standard InChI is InChI=1S/C17H25O7P/c1-6-11-9-13(12(7-2)17(23-5)16(11)22-4)14(25(19,20)21)10-15(18)24-8-3/h9-10H,6-8H2,1-5H3,(H2,19,20,21). The molecule has 0 heterocycles. The number of aryl methyl sites for hydroxylation is 1. The molecule has 0 amide bonds. The van der Waals surface area contributed by atoms with Crippen LogP contribution in [-0.2, 0) is 26.9 Å². The van der Waals surface area contributed by atoms with Crippen LogP contribution < -0.4 is 9.47 Å². The Bertz CT molecular complexity index is 703. The van der Waals surface area contributed by atoms with E-state index in [1.54, 1.807) is 13.0 Å². The summed E-state index contributed by atoms with van der Waals surface area (Å²) >= 11 is 0. The zero-order valence-electron chi connectivity index (χ0n) is 15.2. The fourth-order valence-electron chi connectivity index (χ4n) is 2.63. The molecule has 0 aliphatic carbocycles. The molecule has 25 heavy (non-hydrogen) atoms. The normalized spacial score (nSPS) is 12.0. The Morgan fingerprint density at radius 3 is 2.12 bits per heavy atom. The van der Waals surface area contributed by atoms with Gasteiger partial charge in [-0.05, 0) is 37.0 Å². The second-order valence-electron chi connectivity index (χ2n) is 5.16. The van der Waals surface area contributed by atoms with Gasteiger partial charge in [0.25, 0.3) is 0 Å². The molecule has 1 aromatic rings. The smallest absolute Gasteiger partial charge is 0.357 e. The van der Waals surface area contributed by atoms with Crippen LogP contribution in [0.2, 0.25) is 0 Å². The molecular formula is C17H25O7P. The summed E-state index contributed by atoms with van der Waals surface area (Å²) < 4.78 is 27.7. The maximum Gasteiger partial charge on any atom is 0.357 e. The van der Waals surface area contributed by atoms with E-state index in [1.165, 1.54) is 14.2 Å². The van der Waals surface area contributed by atoms with Crippen LogP contribution in [0.4, 0.5) is 0 Å². The molecule has 0 atom stereocenters. The summed E-state index contributed by atoms with van der Waals surface area (Å²) in [7, 11) is -1.76. The van der Waals surface area contributed by atoms with Crippen molar-refractivity contribution in [3.05, 3.63) is 28.8 Å². The predicted octanol–water partition coefficient (Wildman–Crippen LogP) is 2.91. The van der Waals surface area contributed by atoms with Crippen molar-refractivity contribution in [3.8, 4) is 11.5 Å². The van der Waals surface area contributed by atoms with Crippen molar-refractivity contribution >= 4 is 18.9 Å². The number of benzene rings is 1. The van der Waals surface area contributed by atoms with Crippen LogP contribution in [0.1, 0.15) is 37.5 Å². The lowest BCUT2D eigenvalue weighted by atomic mass is 9.97. The summed E-state index contributed by atoms with van der Waals surface area (Å²) in [6.07, 6.45) is 1.84. The van der Waals surface area contributed by atoms with E-state index in [2.05, 4.69) is 0 Å². The number of methoxy groups -OCH3 is 2. The second-order valence-corrected chi connectivity index (χ2v) is 6.73. The Kier molecular flexibility index (Phi) is 7.67. The number of rotatable bonds is 8. The minimum absolute atomic E-state index is 0.108. The Balaban J connectivity index is 3.81. The number of carbonyl (C=O) groups excluding carboxylic acids is 1. The van der Waals surface area contributed by atoms with Crippen molar-refractivity contribution in [3.63, 3.8) is 0 Å². The molecule has 0 aliphatic rings. The average Bonchev–Trinajstić information content (AvgIpc) is 2.56. The van der Waals surface area contributed by atoms with Crippen molar-refractivity contribution in [1.29, 1.82) is 0 Å². The zero-order valence-corrected chi connectivity index (χ0v) is 16.1. The molecule has 140 valence electrons. The molecule has 0 saturated carbocycles. The van der Waals surface area contributed by atoms with E-state index >= 15 is 0 Å². The van der Waals surface area contributed by atoms with E-state index in [4.69, 9.17) is 14.2 Å². The lowest BCUT2D eigenvalue weighted by Crippen LogP contribution is -2.06. The highest BCUT2D eigenvalue weighted by atomic mass is 31.2. The van der Waals surface area contributed by atoms with Crippen LogP contribution in [0, 0.1) is 0 Å². The van der Waals surface area contributed by atoms with Crippen molar-refractivity contribution < 1.29 is 33.4 Å². The average molecular weight is 372 g/mol. The predicted molar refractivity (Wildman–Crippen MR) is 95.0 cm³/mol. The maximum atomic E-state index is 12.0. The van der Waals surface area contributed by atoms with E-state index in [0.717, 1.165) is 11.6 Å². The third-order valence-corrected chi connectivity index (χ3v) is 4.69. The van der Waals surface area contributed by atoms with Gasteiger partial charge in [0, 0.05) is 11.6 Å². The lowest BCUT2D eigenvalue weighted by Gasteiger charge is -2.21. The third kappa shape index (κ3) is 4.84. The van der Waals surface area contributed by atoms with E-state index < -0.39 is 18.9 Å². The molecule has 0 aliphatic heterocycles. The topological polar surface area (TPSA) is 102 Å². The lowest BCUT2D eigenvalue weighted by molar-refractivity contribution is -0.137. The monoisotopic (exact) mass is 372 g/mol. The van der Waals surface area contributed by atoms with E-state index in [0.29, 0.717) is 29.9 Å². The van der Waals surface area contributed by atoms with Crippen LogP contribution in [-0.4, -0.2) is 36.6 Å². The van der Waals surface area contributed by atoms with Crippen molar-refractivity contribution in [2.24, 2.45) is 0 Å². The second kappa shape index (κ2) is 9.04. The molecule has 0 aromatic heterocycles. The molecule has 2 N–H and O–H groups in total. The number of hydrogen-bond donors (Lipinski definition) is 2. The summed E-state index contributed by atoms with van der Waals surface area (Å²) in [5.74, 6) is 0.116. The maximum absolute atomic E-state index is 12.0. The van der Waals surface area contributed by atoms with E-state index in [-0.39, 0.29) is 12.2 Å². The van der Waals surface area contributed by atoms with Crippen molar-refractivity contribution in [1.82, 2.24) is 0 Å². The largest absolute Gasteiger partial charge is 0.493 e. The summed E-state index contributed by atoms with van der Waals surface area (Å²) in [4.78, 5) is 31.4. The van der Waals surface area contributed by atoms with Crippen LogP contribution in [0.15, 0.2) is 12.1 Å². The van der Waals surface area contributed by atoms with Gasteiger partial charge >= 0.3 is 13.6 Å². The van der Waals surface area contributed by atoms with Crippen LogP contribution in [0.25, 0.3) is 5.31 Å². The van der Waals surface area contributed by atoms with Gasteiger partial charge in [-0.2, -0.15) is 0 Å². The summed E-state index contributed by atoms with van der Waals surface area (Å²) in [6, 6.07) is 1.63. The highest BCUT2D eigenvalue weighted by Crippen LogP contribution is 2.54. The van der Waals surface area contributed by atoms with Gasteiger partial charge in [-0.1, -0.05) is 13.8 Å². The van der Waals surface area contributed by atoms with Crippen molar-refractivity contribution in [2.45, 2.75) is 33.6 Å². The van der Waals surface area contributed by atoms with Gasteiger partial charge in [0.2, 0.25) is 0 Å². The Morgan fingerprint density at radius 1 is 1.12 bits per heavy atom. The summed E-state index contributed by atoms with van der Waals surface area (Å²) in [6.45, 7) is 5.44. The van der Waals surface area contributed by atoms with Gasteiger partial charge < -0.3 is 24.0 Å². The third-order valence-electron chi connectivity index (χ3n) is 3.69. The molecule has 0 bridgehead atoms. The minimum atomic E-state index is -4.74. The van der Waals surface area contributed by atoms with Crippen molar-refractivity contribution in [2.75, 3.05) is 20.8 Å². The van der Waals surface area contributed by atoms with Gasteiger partial charge in [-0.25, -0.2) is 4.79 Å². The molecule has 7 nitrogen and oxygen atoms in total. The molecule has 0 saturated heterocycles. The summed E-state index contributed by atoms with van der Waals surface area (Å²) in [5, 5.41) is -0.390. The van der Waals surface area contributed by atoms with Crippen LogP contribution >= 0.6 is 7.60 Å². The molecule has 1 rings (SSSR count). The Morgan fingerprint density at radius 2 is 1.72 bits per heavy atom. The first kappa shape index (κ1) is 21.2. The van der Waals surface area contributed by atoms with Crippen LogP contribution in [0.5, 0.6) is 11.5 Å². The Labute approximate surface area is 147 Å². The van der Waals surface area contributed by atoms with Crippen LogP contribution in [0.3, 0.4) is 0 Å². The highest BCUT2D eigenvalue weighted by Gasteiger charge is 2.29. The van der Waals surface area contributed by atoms with Gasteiger partial charge in [0.1, 0.15) is 0 Å². The molecule has 0 fully saturated rings. The fourth-order valence-corrected chi connectivity index (χ4v) is 3.42. The molecule has 1 aromatic carbocycles. The van der Waals surface area contributed by atoms with E-state index in [9.17, 15) is 19.1 Å². The molecule has 0 spiro atoms. The van der Waals surface area contributed by atoms with Gasteiger partial charge in [-0.15, -0.1) is 0 Å². The minimum Gasteiger partial charge on any atom is -0.493 e. The highest BCUT2D eigenvalue weighted by molar-refractivity contribution is 7.63. The number of carbonyl (C=O) groups is 1. The molecular weight excluding hydrogens is 347 g/mol. The fraction of sp³-hybridized carbons (Fsp3) is 0.471. The summed E-state index contributed by atoms with van der Waals surface area (Å²) in [5.41, 5.74) is 1.53. The Hall–Kier alpha value is -1.82. The quantitative estimate of drug-likeness (QED) is 0.411. The first-order chi connectivity index (χ1) is 11.7. The van der Waals surface area contributed by atoms with E-state index in [1.807, 2.05) is 13.8 Å². The first-order valence-corrected chi connectivity index (χ1v) is 9.57. The SMILES string of the molecule is CCOC(=O)C=C(c1cc(CC)c(OC)c(OC)c1CC)P(=O)(O)O. The first-order valence-electron chi connectivity index (χ1n) is 7.96. The number of ether oxygens (including phenoxy) is 3.